The normalized spacial score (nSPS) is 17.5. The summed E-state index contributed by atoms with van der Waals surface area (Å²) >= 11 is 0. The van der Waals surface area contributed by atoms with E-state index in [1.165, 1.54) is 0 Å². The quantitative estimate of drug-likeness (QED) is 0.812. The van der Waals surface area contributed by atoms with Crippen LogP contribution in [0.15, 0.2) is 18.2 Å². The number of amides is 2. The van der Waals surface area contributed by atoms with E-state index in [4.69, 9.17) is 14.2 Å². The molecule has 7 nitrogen and oxygen atoms in total. The summed E-state index contributed by atoms with van der Waals surface area (Å²) < 4.78 is 16.4. The van der Waals surface area contributed by atoms with E-state index in [1.807, 2.05) is 32.0 Å². The van der Waals surface area contributed by atoms with Gasteiger partial charge in [-0.2, -0.15) is 0 Å². The molecule has 0 saturated carbocycles. The molecule has 1 N–H and O–H groups in total. The Morgan fingerprint density at radius 3 is 2.48 bits per heavy atom. The van der Waals surface area contributed by atoms with Crippen LogP contribution in [-0.2, 0) is 20.7 Å². The molecular formula is C20H28N2O5. The molecule has 7 heteroatoms. The maximum Gasteiger partial charge on any atom is 0.245 e. The first-order valence-corrected chi connectivity index (χ1v) is 9.57. The van der Waals surface area contributed by atoms with Gasteiger partial charge in [-0.15, -0.1) is 0 Å². The number of hydrogen-bond donors (Lipinski definition) is 1. The predicted octanol–water partition coefficient (Wildman–Crippen LogP) is 1.39. The highest BCUT2D eigenvalue weighted by Gasteiger charge is 2.28. The van der Waals surface area contributed by atoms with Gasteiger partial charge in [0.1, 0.15) is 19.3 Å². The van der Waals surface area contributed by atoms with Gasteiger partial charge in [-0.25, -0.2) is 0 Å². The Labute approximate surface area is 160 Å². The number of carbonyl (C=O) groups is 2. The van der Waals surface area contributed by atoms with Crippen LogP contribution in [0.1, 0.15) is 25.8 Å². The number of nitrogens with one attached hydrogen (secondary N) is 1. The summed E-state index contributed by atoms with van der Waals surface area (Å²) in [6, 6.07) is 5.00. The summed E-state index contributed by atoms with van der Waals surface area (Å²) in [6.07, 6.45) is 0.810. The summed E-state index contributed by atoms with van der Waals surface area (Å²) in [6.45, 7) is 7.38. The molecule has 0 radical (unpaired) electrons. The molecule has 2 aliphatic heterocycles. The Morgan fingerprint density at radius 1 is 1.07 bits per heavy atom. The molecule has 0 bridgehead atoms. The molecule has 1 aromatic rings. The summed E-state index contributed by atoms with van der Waals surface area (Å²) in [7, 11) is 0. The van der Waals surface area contributed by atoms with Crippen LogP contribution in [0, 0.1) is 5.92 Å². The maximum atomic E-state index is 12.8. The lowest BCUT2D eigenvalue weighted by Gasteiger charge is -2.31. The van der Waals surface area contributed by atoms with Crippen LogP contribution in [-0.4, -0.2) is 62.3 Å². The van der Waals surface area contributed by atoms with Gasteiger partial charge >= 0.3 is 0 Å². The lowest BCUT2D eigenvalue weighted by Crippen LogP contribution is -2.52. The van der Waals surface area contributed by atoms with Crippen molar-refractivity contribution in [3.63, 3.8) is 0 Å². The second kappa shape index (κ2) is 9.08. The molecule has 0 aromatic heterocycles. The van der Waals surface area contributed by atoms with Crippen molar-refractivity contribution >= 4 is 11.8 Å². The van der Waals surface area contributed by atoms with Crippen LogP contribution in [0.3, 0.4) is 0 Å². The van der Waals surface area contributed by atoms with Crippen molar-refractivity contribution in [2.45, 2.75) is 32.7 Å². The molecule has 1 atom stereocenters. The summed E-state index contributed by atoms with van der Waals surface area (Å²) in [4.78, 5) is 27.2. The van der Waals surface area contributed by atoms with Gasteiger partial charge in [0, 0.05) is 13.1 Å². The van der Waals surface area contributed by atoms with Crippen molar-refractivity contribution in [1.82, 2.24) is 10.2 Å². The smallest absolute Gasteiger partial charge is 0.245 e. The fourth-order valence-corrected chi connectivity index (χ4v) is 3.33. The lowest BCUT2D eigenvalue weighted by atomic mass is 10.0. The standard InChI is InChI=1S/C20H28N2O5/c1-14(2)11-16(20(24)22-5-7-25-8-6-22)21-19(23)13-15-3-4-17-18(12-15)27-10-9-26-17/h3-4,12,14,16H,5-11,13H2,1-2H3,(H,21,23). The van der Waals surface area contributed by atoms with E-state index >= 15 is 0 Å². The van der Waals surface area contributed by atoms with Crippen molar-refractivity contribution in [3.8, 4) is 11.5 Å². The van der Waals surface area contributed by atoms with Gasteiger partial charge in [-0.05, 0) is 30.0 Å². The third kappa shape index (κ3) is 5.35. The van der Waals surface area contributed by atoms with Crippen molar-refractivity contribution in [1.29, 1.82) is 0 Å². The largest absolute Gasteiger partial charge is 0.486 e. The molecule has 27 heavy (non-hydrogen) atoms. The Morgan fingerprint density at radius 2 is 1.78 bits per heavy atom. The van der Waals surface area contributed by atoms with E-state index < -0.39 is 6.04 Å². The van der Waals surface area contributed by atoms with E-state index in [0.717, 1.165) is 5.56 Å². The van der Waals surface area contributed by atoms with Gasteiger partial charge in [-0.3, -0.25) is 9.59 Å². The number of fused-ring (bicyclic) bond motifs is 1. The molecule has 148 valence electrons. The monoisotopic (exact) mass is 376 g/mol. The molecule has 1 saturated heterocycles. The first kappa shape index (κ1) is 19.5. The van der Waals surface area contributed by atoms with Crippen molar-refractivity contribution in [2.75, 3.05) is 39.5 Å². The van der Waals surface area contributed by atoms with Gasteiger partial charge in [0.2, 0.25) is 11.8 Å². The zero-order chi connectivity index (χ0) is 19.2. The van der Waals surface area contributed by atoms with E-state index in [2.05, 4.69) is 5.32 Å². The Kier molecular flexibility index (Phi) is 6.55. The first-order chi connectivity index (χ1) is 13.0. The predicted molar refractivity (Wildman–Crippen MR) is 99.9 cm³/mol. The van der Waals surface area contributed by atoms with Gasteiger partial charge in [0.25, 0.3) is 0 Å². The van der Waals surface area contributed by atoms with E-state index in [0.29, 0.717) is 63.4 Å². The maximum absolute atomic E-state index is 12.8. The minimum absolute atomic E-state index is 0.0254. The number of ether oxygens (including phenoxy) is 3. The molecule has 2 aliphatic rings. The van der Waals surface area contributed by atoms with Crippen molar-refractivity contribution in [3.05, 3.63) is 23.8 Å². The molecule has 0 aliphatic carbocycles. The number of rotatable bonds is 6. The number of nitrogens with zero attached hydrogens (tertiary/aromatic N) is 1. The topological polar surface area (TPSA) is 77.1 Å². The molecule has 2 amide bonds. The fourth-order valence-electron chi connectivity index (χ4n) is 3.33. The third-order valence-electron chi connectivity index (χ3n) is 4.63. The van der Waals surface area contributed by atoms with Gasteiger partial charge in [0.15, 0.2) is 11.5 Å². The highest BCUT2D eigenvalue weighted by atomic mass is 16.6. The molecule has 1 aromatic carbocycles. The average molecular weight is 376 g/mol. The molecule has 1 fully saturated rings. The van der Waals surface area contributed by atoms with Crippen molar-refractivity contribution in [2.24, 2.45) is 5.92 Å². The second-order valence-electron chi connectivity index (χ2n) is 7.34. The molecular weight excluding hydrogens is 348 g/mol. The highest BCUT2D eigenvalue weighted by molar-refractivity contribution is 5.88. The molecule has 1 unspecified atom stereocenters. The van der Waals surface area contributed by atoms with Gasteiger partial charge in [0.05, 0.1) is 19.6 Å². The second-order valence-corrected chi connectivity index (χ2v) is 7.34. The summed E-state index contributed by atoms with van der Waals surface area (Å²) in [5.41, 5.74) is 0.832. The third-order valence-corrected chi connectivity index (χ3v) is 4.63. The SMILES string of the molecule is CC(C)CC(NC(=O)Cc1ccc2c(c1)OCCO2)C(=O)N1CCOCC1. The Balaban J connectivity index is 1.62. The number of morpholine rings is 1. The number of carbonyl (C=O) groups excluding carboxylic acids is 2. The van der Waals surface area contributed by atoms with Gasteiger partial charge < -0.3 is 24.4 Å². The van der Waals surface area contributed by atoms with Crippen LogP contribution in [0.2, 0.25) is 0 Å². The summed E-state index contributed by atoms with van der Waals surface area (Å²) in [5, 5.41) is 2.93. The fraction of sp³-hybridized carbons (Fsp3) is 0.600. The van der Waals surface area contributed by atoms with Crippen LogP contribution < -0.4 is 14.8 Å². The van der Waals surface area contributed by atoms with E-state index in [9.17, 15) is 9.59 Å². The zero-order valence-corrected chi connectivity index (χ0v) is 16.0. The Bertz CT molecular complexity index is 670. The summed E-state index contributed by atoms with van der Waals surface area (Å²) in [5.74, 6) is 1.47. The Hall–Kier alpha value is -2.28. The average Bonchev–Trinajstić information content (AvgIpc) is 2.67. The van der Waals surface area contributed by atoms with E-state index in [-0.39, 0.29) is 18.2 Å². The van der Waals surface area contributed by atoms with Crippen molar-refractivity contribution < 1.29 is 23.8 Å². The molecule has 3 rings (SSSR count). The lowest BCUT2D eigenvalue weighted by molar-refractivity contribution is -0.140. The van der Waals surface area contributed by atoms with Crippen LogP contribution >= 0.6 is 0 Å². The van der Waals surface area contributed by atoms with Crippen LogP contribution in [0.4, 0.5) is 0 Å². The van der Waals surface area contributed by atoms with E-state index in [1.54, 1.807) is 4.90 Å². The minimum atomic E-state index is -0.507. The van der Waals surface area contributed by atoms with Crippen LogP contribution in [0.25, 0.3) is 0 Å². The van der Waals surface area contributed by atoms with Crippen LogP contribution in [0.5, 0.6) is 11.5 Å². The number of hydrogen-bond acceptors (Lipinski definition) is 5. The minimum Gasteiger partial charge on any atom is -0.486 e. The zero-order valence-electron chi connectivity index (χ0n) is 16.0. The van der Waals surface area contributed by atoms with Gasteiger partial charge in [-0.1, -0.05) is 19.9 Å². The molecule has 2 heterocycles. The highest BCUT2D eigenvalue weighted by Crippen LogP contribution is 2.30. The molecule has 0 spiro atoms. The first-order valence-electron chi connectivity index (χ1n) is 9.57. The number of benzene rings is 1.